The quantitative estimate of drug-likeness (QED) is 0.836. The van der Waals surface area contributed by atoms with Gasteiger partial charge in [-0.1, -0.05) is 13.0 Å². The molecule has 0 fully saturated rings. The number of rotatable bonds is 6. The van der Waals surface area contributed by atoms with Crippen LogP contribution in [-0.4, -0.2) is 17.4 Å². The zero-order chi connectivity index (χ0) is 13.5. The van der Waals surface area contributed by atoms with Crippen LogP contribution in [0.5, 0.6) is 0 Å². The van der Waals surface area contributed by atoms with Gasteiger partial charge in [0, 0.05) is 18.7 Å². The van der Waals surface area contributed by atoms with Crippen LogP contribution >= 0.6 is 0 Å². The Bertz CT molecular complexity index is 523. The number of furan rings is 1. The predicted molar refractivity (Wildman–Crippen MR) is 72.9 cm³/mol. The van der Waals surface area contributed by atoms with Gasteiger partial charge < -0.3 is 15.1 Å². The summed E-state index contributed by atoms with van der Waals surface area (Å²) in [6.07, 6.45) is 4.19. The monoisotopic (exact) mass is 259 g/mol. The lowest BCUT2D eigenvalue weighted by Crippen LogP contribution is -2.23. The van der Waals surface area contributed by atoms with Gasteiger partial charge in [-0.05, 0) is 24.6 Å². The first kappa shape index (κ1) is 13.1. The van der Waals surface area contributed by atoms with Gasteiger partial charge in [-0.3, -0.25) is 4.79 Å². The third-order valence-electron chi connectivity index (χ3n) is 2.57. The number of carbonyl (C=O) groups excluding carboxylic acids is 1. The Labute approximate surface area is 112 Å². The molecule has 100 valence electrons. The van der Waals surface area contributed by atoms with Crippen molar-refractivity contribution in [3.63, 3.8) is 0 Å². The molecule has 0 aliphatic heterocycles. The Balaban J connectivity index is 1.94. The van der Waals surface area contributed by atoms with Gasteiger partial charge in [-0.2, -0.15) is 0 Å². The maximum absolute atomic E-state index is 11.9. The van der Waals surface area contributed by atoms with E-state index in [2.05, 4.69) is 22.5 Å². The van der Waals surface area contributed by atoms with E-state index in [1.54, 1.807) is 18.6 Å². The maximum Gasteiger partial charge on any atom is 0.270 e. The first-order chi connectivity index (χ1) is 9.29. The van der Waals surface area contributed by atoms with Gasteiger partial charge >= 0.3 is 0 Å². The fraction of sp³-hybridized carbons (Fsp3) is 0.286. The highest BCUT2D eigenvalue weighted by Crippen LogP contribution is 2.05. The lowest BCUT2D eigenvalue weighted by Gasteiger charge is -2.06. The second-order valence-corrected chi connectivity index (χ2v) is 4.15. The number of carbonyl (C=O) groups is 1. The van der Waals surface area contributed by atoms with E-state index in [1.807, 2.05) is 18.2 Å². The number of aromatic nitrogens is 1. The largest absolute Gasteiger partial charge is 0.472 e. The minimum absolute atomic E-state index is 0.193. The normalized spacial score (nSPS) is 10.2. The molecule has 2 heterocycles. The summed E-state index contributed by atoms with van der Waals surface area (Å²) in [6.45, 7) is 3.35. The summed E-state index contributed by atoms with van der Waals surface area (Å²) in [4.78, 5) is 16.2. The first-order valence-electron chi connectivity index (χ1n) is 6.30. The van der Waals surface area contributed by atoms with Crippen LogP contribution in [0.1, 0.15) is 29.4 Å². The first-order valence-corrected chi connectivity index (χ1v) is 6.30. The molecule has 0 aromatic carbocycles. The summed E-state index contributed by atoms with van der Waals surface area (Å²) >= 11 is 0. The summed E-state index contributed by atoms with van der Waals surface area (Å²) in [5, 5.41) is 5.95. The van der Waals surface area contributed by atoms with E-state index in [0.717, 1.165) is 24.3 Å². The fourth-order valence-corrected chi connectivity index (χ4v) is 1.58. The van der Waals surface area contributed by atoms with Crippen molar-refractivity contribution in [2.24, 2.45) is 0 Å². The van der Waals surface area contributed by atoms with Crippen LogP contribution in [0, 0.1) is 0 Å². The standard InChI is InChI=1S/C14H17N3O2/c1-2-7-15-13-5-3-4-12(17-13)14(18)16-9-11-6-8-19-10-11/h3-6,8,10H,2,7,9H2,1H3,(H,15,17)(H,16,18). The van der Waals surface area contributed by atoms with E-state index in [-0.39, 0.29) is 5.91 Å². The average molecular weight is 259 g/mol. The Morgan fingerprint density at radius 3 is 3.00 bits per heavy atom. The van der Waals surface area contributed by atoms with Crippen molar-refractivity contribution in [1.82, 2.24) is 10.3 Å². The number of pyridine rings is 1. The maximum atomic E-state index is 11.9. The lowest BCUT2D eigenvalue weighted by atomic mass is 10.3. The van der Waals surface area contributed by atoms with Crippen molar-refractivity contribution < 1.29 is 9.21 Å². The molecule has 19 heavy (non-hydrogen) atoms. The Kier molecular flexibility index (Phi) is 4.55. The van der Waals surface area contributed by atoms with Gasteiger partial charge in [-0.15, -0.1) is 0 Å². The molecule has 0 aliphatic carbocycles. The summed E-state index contributed by atoms with van der Waals surface area (Å²) in [5.74, 6) is 0.527. The number of hydrogen-bond acceptors (Lipinski definition) is 4. The third kappa shape index (κ3) is 3.84. The number of hydrogen-bond donors (Lipinski definition) is 2. The summed E-state index contributed by atoms with van der Waals surface area (Å²) in [6, 6.07) is 7.18. The van der Waals surface area contributed by atoms with E-state index in [1.165, 1.54) is 0 Å². The van der Waals surface area contributed by atoms with Gasteiger partial charge in [0.15, 0.2) is 0 Å². The van der Waals surface area contributed by atoms with Crippen molar-refractivity contribution >= 4 is 11.7 Å². The third-order valence-corrected chi connectivity index (χ3v) is 2.57. The predicted octanol–water partition coefficient (Wildman–Crippen LogP) is 2.43. The molecule has 0 aliphatic rings. The molecule has 0 spiro atoms. The number of nitrogens with one attached hydrogen (secondary N) is 2. The summed E-state index contributed by atoms with van der Waals surface area (Å²) in [5.41, 5.74) is 1.33. The van der Waals surface area contributed by atoms with E-state index < -0.39 is 0 Å². The Morgan fingerprint density at radius 2 is 2.26 bits per heavy atom. The Morgan fingerprint density at radius 1 is 1.37 bits per heavy atom. The van der Waals surface area contributed by atoms with Crippen LogP contribution in [0.3, 0.4) is 0 Å². The van der Waals surface area contributed by atoms with E-state index >= 15 is 0 Å². The second kappa shape index (κ2) is 6.58. The molecule has 5 nitrogen and oxygen atoms in total. The smallest absolute Gasteiger partial charge is 0.270 e. The number of amides is 1. The number of nitrogens with zero attached hydrogens (tertiary/aromatic N) is 1. The van der Waals surface area contributed by atoms with E-state index in [9.17, 15) is 4.79 Å². The molecule has 2 N–H and O–H groups in total. The van der Waals surface area contributed by atoms with Crippen LogP contribution in [-0.2, 0) is 6.54 Å². The van der Waals surface area contributed by atoms with Crippen LogP contribution in [0.4, 0.5) is 5.82 Å². The minimum Gasteiger partial charge on any atom is -0.472 e. The average Bonchev–Trinajstić information content (AvgIpc) is 2.96. The molecule has 0 saturated carbocycles. The topological polar surface area (TPSA) is 67.2 Å². The molecule has 0 unspecified atom stereocenters. The Hall–Kier alpha value is -2.30. The molecule has 2 aromatic heterocycles. The van der Waals surface area contributed by atoms with Crippen LogP contribution in [0.2, 0.25) is 0 Å². The molecule has 1 amide bonds. The lowest BCUT2D eigenvalue weighted by molar-refractivity contribution is 0.0946. The molecular formula is C14H17N3O2. The molecule has 0 atom stereocenters. The molecule has 0 radical (unpaired) electrons. The zero-order valence-corrected chi connectivity index (χ0v) is 10.8. The van der Waals surface area contributed by atoms with Gasteiger partial charge in [0.05, 0.1) is 12.5 Å². The molecular weight excluding hydrogens is 242 g/mol. The molecule has 5 heteroatoms. The van der Waals surface area contributed by atoms with Gasteiger partial charge in [0.25, 0.3) is 5.91 Å². The SMILES string of the molecule is CCCNc1cccc(C(=O)NCc2ccoc2)n1. The van der Waals surface area contributed by atoms with Crippen molar-refractivity contribution in [2.45, 2.75) is 19.9 Å². The molecule has 0 saturated heterocycles. The van der Waals surface area contributed by atoms with E-state index in [0.29, 0.717) is 12.2 Å². The van der Waals surface area contributed by atoms with Gasteiger partial charge in [0.1, 0.15) is 11.5 Å². The van der Waals surface area contributed by atoms with Crippen molar-refractivity contribution in [3.05, 3.63) is 48.0 Å². The van der Waals surface area contributed by atoms with Gasteiger partial charge in [0.2, 0.25) is 0 Å². The van der Waals surface area contributed by atoms with Gasteiger partial charge in [-0.25, -0.2) is 4.98 Å². The van der Waals surface area contributed by atoms with E-state index in [4.69, 9.17) is 4.42 Å². The molecule has 2 aromatic rings. The summed E-state index contributed by atoms with van der Waals surface area (Å²) < 4.78 is 4.94. The molecule has 2 rings (SSSR count). The highest BCUT2D eigenvalue weighted by Gasteiger charge is 2.07. The van der Waals surface area contributed by atoms with Crippen LogP contribution in [0.15, 0.2) is 41.2 Å². The van der Waals surface area contributed by atoms with Crippen LogP contribution < -0.4 is 10.6 Å². The van der Waals surface area contributed by atoms with Crippen molar-refractivity contribution in [1.29, 1.82) is 0 Å². The van der Waals surface area contributed by atoms with Crippen molar-refractivity contribution in [2.75, 3.05) is 11.9 Å². The number of anilines is 1. The second-order valence-electron chi connectivity index (χ2n) is 4.15. The molecule has 0 bridgehead atoms. The van der Waals surface area contributed by atoms with Crippen molar-refractivity contribution in [3.8, 4) is 0 Å². The van der Waals surface area contributed by atoms with Crippen LogP contribution in [0.25, 0.3) is 0 Å². The summed E-state index contributed by atoms with van der Waals surface area (Å²) in [7, 11) is 0. The zero-order valence-electron chi connectivity index (χ0n) is 10.8. The highest BCUT2D eigenvalue weighted by atomic mass is 16.3. The fourth-order valence-electron chi connectivity index (χ4n) is 1.58. The minimum atomic E-state index is -0.193. The highest BCUT2D eigenvalue weighted by molar-refractivity contribution is 5.92.